The number of carbonyl (C=O) groups excluding carboxylic acids is 1. The average molecular weight is 287 g/mol. The van der Waals surface area contributed by atoms with E-state index in [9.17, 15) is 4.79 Å². The number of imidazole rings is 1. The lowest BCUT2D eigenvalue weighted by atomic mass is 10.1. The summed E-state index contributed by atoms with van der Waals surface area (Å²) in [5.74, 6) is 0.368. The monoisotopic (exact) mass is 287 g/mol. The van der Waals surface area contributed by atoms with E-state index in [1.54, 1.807) is 22.2 Å². The number of nitrogens with zero attached hydrogens (tertiary/aromatic N) is 4. The Balaban J connectivity index is 1.96. The first-order chi connectivity index (χ1) is 9.56. The molecule has 7 heteroatoms. The molecule has 0 aliphatic carbocycles. The number of Topliss-reactive ketones (excluding diaryl/α,β-unsaturated/α-hetero) is 1. The minimum Gasteiger partial charge on any atom is -0.382 e. The third-order valence-electron chi connectivity index (χ3n) is 3.08. The number of aromatic nitrogens is 4. The molecule has 0 aliphatic heterocycles. The minimum atomic E-state index is 0.0448. The molecule has 102 valence electrons. The Morgan fingerprint density at radius 3 is 2.85 bits per heavy atom. The molecule has 0 radical (unpaired) electrons. The van der Waals surface area contributed by atoms with Crippen molar-refractivity contribution >= 4 is 34.1 Å². The van der Waals surface area contributed by atoms with E-state index in [-0.39, 0.29) is 12.3 Å². The van der Waals surface area contributed by atoms with Crippen LogP contribution in [0.1, 0.15) is 20.1 Å². The summed E-state index contributed by atoms with van der Waals surface area (Å²) in [5, 5.41) is 0. The number of thiophene rings is 1. The van der Waals surface area contributed by atoms with Crippen LogP contribution in [0, 0.1) is 13.8 Å². The average Bonchev–Trinajstić information content (AvgIpc) is 2.94. The lowest BCUT2D eigenvalue weighted by molar-refractivity contribution is 0.0973. The maximum atomic E-state index is 12.4. The molecule has 20 heavy (non-hydrogen) atoms. The van der Waals surface area contributed by atoms with Crippen LogP contribution in [0.5, 0.6) is 0 Å². The summed E-state index contributed by atoms with van der Waals surface area (Å²) >= 11 is 1.62. The number of hydrogen-bond donors (Lipinski definition) is 1. The van der Waals surface area contributed by atoms with Crippen LogP contribution >= 0.6 is 11.3 Å². The summed E-state index contributed by atoms with van der Waals surface area (Å²) in [7, 11) is 0. The number of nitrogen functional groups attached to an aromatic ring is 1. The normalized spacial score (nSPS) is 11.1. The van der Waals surface area contributed by atoms with Crippen molar-refractivity contribution in [2.24, 2.45) is 0 Å². The third kappa shape index (κ3) is 2.05. The second kappa shape index (κ2) is 4.68. The summed E-state index contributed by atoms with van der Waals surface area (Å²) in [4.78, 5) is 26.7. The zero-order chi connectivity index (χ0) is 14.3. The smallest absolute Gasteiger partial charge is 0.183 e. The van der Waals surface area contributed by atoms with E-state index in [1.807, 2.05) is 19.9 Å². The molecule has 0 fully saturated rings. The van der Waals surface area contributed by atoms with E-state index < -0.39 is 0 Å². The van der Waals surface area contributed by atoms with Crippen LogP contribution in [0.4, 0.5) is 5.82 Å². The van der Waals surface area contributed by atoms with Crippen molar-refractivity contribution in [1.29, 1.82) is 0 Å². The summed E-state index contributed by atoms with van der Waals surface area (Å²) < 4.78 is 1.70. The van der Waals surface area contributed by atoms with Crippen molar-refractivity contribution < 1.29 is 4.79 Å². The molecule has 0 saturated carbocycles. The van der Waals surface area contributed by atoms with Crippen molar-refractivity contribution in [3.05, 3.63) is 34.0 Å². The number of aryl methyl sites for hydroxylation is 2. The molecular weight excluding hydrogens is 274 g/mol. The zero-order valence-electron chi connectivity index (χ0n) is 11.1. The van der Waals surface area contributed by atoms with Crippen LogP contribution in [-0.4, -0.2) is 25.3 Å². The molecule has 2 N–H and O–H groups in total. The predicted molar refractivity (Wildman–Crippen MR) is 77.9 cm³/mol. The van der Waals surface area contributed by atoms with Gasteiger partial charge in [-0.1, -0.05) is 0 Å². The van der Waals surface area contributed by atoms with Gasteiger partial charge in [0.2, 0.25) is 0 Å². The molecule has 0 spiro atoms. The topological polar surface area (TPSA) is 86.7 Å². The number of fused-ring (bicyclic) bond motifs is 1. The van der Waals surface area contributed by atoms with Crippen LogP contribution in [0.15, 0.2) is 18.7 Å². The minimum absolute atomic E-state index is 0.0448. The quantitative estimate of drug-likeness (QED) is 0.744. The number of rotatable bonds is 3. The van der Waals surface area contributed by atoms with Gasteiger partial charge in [-0.2, -0.15) is 0 Å². The van der Waals surface area contributed by atoms with Crippen molar-refractivity contribution in [2.45, 2.75) is 20.4 Å². The van der Waals surface area contributed by atoms with E-state index in [4.69, 9.17) is 5.73 Å². The van der Waals surface area contributed by atoms with Crippen molar-refractivity contribution in [3.8, 4) is 0 Å². The van der Waals surface area contributed by atoms with E-state index in [2.05, 4.69) is 15.0 Å². The first kappa shape index (κ1) is 12.7. The Labute approximate surface area is 119 Å². The molecule has 3 rings (SSSR count). The fraction of sp³-hybridized carbons (Fsp3) is 0.231. The predicted octanol–water partition coefficient (Wildman–Crippen LogP) is 1.97. The van der Waals surface area contributed by atoms with E-state index >= 15 is 0 Å². The largest absolute Gasteiger partial charge is 0.382 e. The van der Waals surface area contributed by atoms with Gasteiger partial charge in [0.1, 0.15) is 11.8 Å². The molecule has 3 aromatic heterocycles. The Morgan fingerprint density at radius 1 is 1.35 bits per heavy atom. The lowest BCUT2D eigenvalue weighted by Gasteiger charge is -2.03. The fourth-order valence-electron chi connectivity index (χ4n) is 2.16. The number of carbonyl (C=O) groups is 1. The molecule has 0 bridgehead atoms. The van der Waals surface area contributed by atoms with Gasteiger partial charge in [0, 0.05) is 15.3 Å². The molecule has 0 aromatic carbocycles. The van der Waals surface area contributed by atoms with Gasteiger partial charge in [-0.3, -0.25) is 4.79 Å². The fourth-order valence-corrected chi connectivity index (χ4v) is 3.10. The highest BCUT2D eigenvalue weighted by Gasteiger charge is 2.15. The molecule has 0 atom stereocenters. The Kier molecular flexibility index (Phi) is 2.98. The summed E-state index contributed by atoms with van der Waals surface area (Å²) in [6.07, 6.45) is 2.95. The van der Waals surface area contributed by atoms with Gasteiger partial charge in [0.05, 0.1) is 12.9 Å². The van der Waals surface area contributed by atoms with E-state index in [1.165, 1.54) is 6.33 Å². The van der Waals surface area contributed by atoms with Crippen molar-refractivity contribution in [3.63, 3.8) is 0 Å². The number of anilines is 1. The molecule has 0 saturated heterocycles. The Bertz CT molecular complexity index is 804. The number of ketones is 1. The Morgan fingerprint density at radius 2 is 2.15 bits per heavy atom. The summed E-state index contributed by atoms with van der Waals surface area (Å²) in [6, 6.07) is 1.92. The molecule has 6 nitrogen and oxygen atoms in total. The number of nitrogens with two attached hydrogens (primary N) is 1. The van der Waals surface area contributed by atoms with Gasteiger partial charge >= 0.3 is 0 Å². The van der Waals surface area contributed by atoms with Crippen LogP contribution in [0.3, 0.4) is 0 Å². The van der Waals surface area contributed by atoms with Crippen LogP contribution in [-0.2, 0) is 6.54 Å². The third-order valence-corrected chi connectivity index (χ3v) is 4.05. The van der Waals surface area contributed by atoms with E-state index in [0.29, 0.717) is 17.0 Å². The van der Waals surface area contributed by atoms with Gasteiger partial charge in [-0.15, -0.1) is 11.3 Å². The van der Waals surface area contributed by atoms with Crippen molar-refractivity contribution in [1.82, 2.24) is 19.5 Å². The molecule has 0 amide bonds. The maximum absolute atomic E-state index is 12.4. The van der Waals surface area contributed by atoms with Gasteiger partial charge in [-0.25, -0.2) is 15.0 Å². The summed E-state index contributed by atoms with van der Waals surface area (Å²) in [6.45, 7) is 4.15. The molecular formula is C13H13N5OS. The molecule has 0 unspecified atom stereocenters. The standard InChI is InChI=1S/C13H13N5OS/c1-7-3-9(8(2)20-7)10(19)4-18-6-17-11-12(14)15-5-16-13(11)18/h3,5-6H,4H2,1-2H3,(H2,14,15,16). The summed E-state index contributed by atoms with van der Waals surface area (Å²) in [5.41, 5.74) is 7.59. The molecule has 3 heterocycles. The molecule has 0 aliphatic rings. The SMILES string of the molecule is Cc1cc(C(=O)Cn2cnc3c(N)ncnc32)c(C)s1. The maximum Gasteiger partial charge on any atom is 0.183 e. The van der Waals surface area contributed by atoms with Gasteiger partial charge < -0.3 is 10.3 Å². The highest BCUT2D eigenvalue weighted by Crippen LogP contribution is 2.22. The van der Waals surface area contributed by atoms with Crippen LogP contribution < -0.4 is 5.73 Å². The first-order valence-electron chi connectivity index (χ1n) is 6.08. The van der Waals surface area contributed by atoms with Gasteiger partial charge in [0.15, 0.2) is 17.2 Å². The Hall–Kier alpha value is -2.28. The van der Waals surface area contributed by atoms with Crippen molar-refractivity contribution in [2.75, 3.05) is 5.73 Å². The molecule has 3 aromatic rings. The second-order valence-corrected chi connectivity index (χ2v) is 6.01. The lowest BCUT2D eigenvalue weighted by Crippen LogP contribution is -2.10. The second-order valence-electron chi connectivity index (χ2n) is 4.55. The van der Waals surface area contributed by atoms with E-state index in [0.717, 1.165) is 15.3 Å². The van der Waals surface area contributed by atoms with Gasteiger partial charge in [-0.05, 0) is 19.9 Å². The zero-order valence-corrected chi connectivity index (χ0v) is 11.9. The van der Waals surface area contributed by atoms with Crippen LogP contribution in [0.25, 0.3) is 11.2 Å². The highest BCUT2D eigenvalue weighted by atomic mass is 32.1. The van der Waals surface area contributed by atoms with Gasteiger partial charge in [0.25, 0.3) is 0 Å². The van der Waals surface area contributed by atoms with Crippen LogP contribution in [0.2, 0.25) is 0 Å². The number of hydrogen-bond acceptors (Lipinski definition) is 6. The highest BCUT2D eigenvalue weighted by molar-refractivity contribution is 7.12. The first-order valence-corrected chi connectivity index (χ1v) is 6.89.